The smallest absolute Gasteiger partial charge is 0.0578 e. The van der Waals surface area contributed by atoms with Crippen molar-refractivity contribution in [3.8, 4) is 0 Å². The van der Waals surface area contributed by atoms with Crippen LogP contribution in [0.1, 0.15) is 16.0 Å². The van der Waals surface area contributed by atoms with Gasteiger partial charge in [-0.3, -0.25) is 0 Å². The van der Waals surface area contributed by atoms with Crippen LogP contribution >= 0.6 is 31.9 Å². The van der Waals surface area contributed by atoms with Crippen molar-refractivity contribution in [3.05, 3.63) is 46.0 Å². The number of rotatable bonds is 0. The molecule has 1 aliphatic carbocycles. The Hall–Kier alpha value is -0.0800. The van der Waals surface area contributed by atoms with Gasteiger partial charge >= 0.3 is 0 Å². The summed E-state index contributed by atoms with van der Waals surface area (Å²) in [4.78, 5) is 0.388. The molecule has 0 saturated heterocycles. The van der Waals surface area contributed by atoms with Crippen molar-refractivity contribution in [3.63, 3.8) is 0 Å². The molecule has 0 amide bonds. The summed E-state index contributed by atoms with van der Waals surface area (Å²) >= 11 is 7.17. The fourth-order valence-corrected chi connectivity index (χ4v) is 2.65. The van der Waals surface area contributed by atoms with Crippen LogP contribution in [0.3, 0.4) is 0 Å². The van der Waals surface area contributed by atoms with E-state index in [4.69, 9.17) is 0 Å². The summed E-state index contributed by atoms with van der Waals surface area (Å²) in [6.45, 7) is 0. The lowest BCUT2D eigenvalue weighted by atomic mass is 9.97. The summed E-state index contributed by atoms with van der Waals surface area (Å²) in [6.07, 6.45) is 5.43. The molecule has 0 aliphatic heterocycles. The molecule has 1 aliphatic rings. The topological polar surface area (TPSA) is 0 Å². The minimum Gasteiger partial charge on any atom is -0.0826 e. The Bertz CT molecular complexity index is 329. The Morgan fingerprint density at radius 1 is 1.33 bits per heavy atom. The van der Waals surface area contributed by atoms with Crippen LogP contribution in [-0.4, -0.2) is 0 Å². The van der Waals surface area contributed by atoms with Crippen LogP contribution in [-0.2, 0) is 6.42 Å². The van der Waals surface area contributed by atoms with Gasteiger partial charge in [0, 0.05) is 4.47 Å². The van der Waals surface area contributed by atoms with E-state index in [0.717, 1.165) is 6.42 Å². The summed E-state index contributed by atoms with van der Waals surface area (Å²) in [7, 11) is 0. The molecule has 2 rings (SSSR count). The molecule has 0 aromatic heterocycles. The molecule has 0 spiro atoms. The van der Waals surface area contributed by atoms with Gasteiger partial charge in [-0.05, 0) is 23.6 Å². The maximum Gasteiger partial charge on any atom is 0.0578 e. The first kappa shape index (κ1) is 8.52. The lowest BCUT2D eigenvalue weighted by Gasteiger charge is -2.16. The molecule has 1 unspecified atom stereocenters. The first-order chi connectivity index (χ1) is 5.79. The summed E-state index contributed by atoms with van der Waals surface area (Å²) in [5.74, 6) is 0. The zero-order valence-corrected chi connectivity index (χ0v) is 9.60. The van der Waals surface area contributed by atoms with E-state index in [2.05, 4.69) is 62.2 Å². The van der Waals surface area contributed by atoms with Crippen LogP contribution in [0.2, 0.25) is 0 Å². The Labute approximate surface area is 88.9 Å². The van der Waals surface area contributed by atoms with Crippen LogP contribution in [0.25, 0.3) is 0 Å². The van der Waals surface area contributed by atoms with Gasteiger partial charge in [-0.15, -0.1) is 0 Å². The van der Waals surface area contributed by atoms with E-state index in [-0.39, 0.29) is 0 Å². The first-order valence-electron chi connectivity index (χ1n) is 3.87. The van der Waals surface area contributed by atoms with Crippen LogP contribution in [0.15, 0.2) is 34.8 Å². The van der Waals surface area contributed by atoms with Crippen molar-refractivity contribution < 1.29 is 0 Å². The SMILES string of the molecule is Brc1cccc2c1CC=CC2Br. The van der Waals surface area contributed by atoms with Crippen molar-refractivity contribution in [1.29, 1.82) is 0 Å². The molecule has 62 valence electrons. The number of fused-ring (bicyclic) bond motifs is 1. The monoisotopic (exact) mass is 286 g/mol. The Balaban J connectivity index is 2.57. The minimum absolute atomic E-state index is 0.388. The highest BCUT2D eigenvalue weighted by Crippen LogP contribution is 2.34. The maximum atomic E-state index is 3.61. The van der Waals surface area contributed by atoms with Gasteiger partial charge in [0.15, 0.2) is 0 Å². The van der Waals surface area contributed by atoms with Crippen LogP contribution < -0.4 is 0 Å². The van der Waals surface area contributed by atoms with E-state index < -0.39 is 0 Å². The molecule has 1 aromatic rings. The predicted octanol–water partition coefficient (Wildman–Crippen LogP) is 4.00. The molecule has 2 heteroatoms. The number of allylic oxidation sites excluding steroid dienone is 2. The van der Waals surface area contributed by atoms with Crippen LogP contribution in [0, 0.1) is 0 Å². The van der Waals surface area contributed by atoms with Crippen molar-refractivity contribution in [1.82, 2.24) is 0 Å². The quantitative estimate of drug-likeness (QED) is 0.500. The van der Waals surface area contributed by atoms with Crippen molar-refractivity contribution >= 4 is 31.9 Å². The molecule has 0 fully saturated rings. The second-order valence-electron chi connectivity index (χ2n) is 2.84. The zero-order chi connectivity index (χ0) is 8.55. The highest BCUT2D eigenvalue weighted by atomic mass is 79.9. The average molecular weight is 288 g/mol. The lowest BCUT2D eigenvalue weighted by Crippen LogP contribution is -1.99. The van der Waals surface area contributed by atoms with Gasteiger partial charge in [0.25, 0.3) is 0 Å². The molecule has 0 N–H and O–H groups in total. The third kappa shape index (κ3) is 1.38. The summed E-state index contributed by atoms with van der Waals surface area (Å²) in [5.41, 5.74) is 2.79. The van der Waals surface area contributed by atoms with E-state index in [9.17, 15) is 0 Å². The Morgan fingerprint density at radius 2 is 2.17 bits per heavy atom. The van der Waals surface area contributed by atoms with Gasteiger partial charge in [-0.1, -0.05) is 56.1 Å². The lowest BCUT2D eigenvalue weighted by molar-refractivity contribution is 1.07. The number of halogens is 2. The molecule has 1 aromatic carbocycles. The molecule has 1 atom stereocenters. The van der Waals surface area contributed by atoms with Crippen molar-refractivity contribution in [2.45, 2.75) is 11.2 Å². The zero-order valence-electron chi connectivity index (χ0n) is 6.43. The van der Waals surface area contributed by atoms with E-state index in [0.29, 0.717) is 4.83 Å². The molecular weight excluding hydrogens is 280 g/mol. The third-order valence-electron chi connectivity index (χ3n) is 2.08. The average Bonchev–Trinajstić information content (AvgIpc) is 2.07. The van der Waals surface area contributed by atoms with E-state index in [1.54, 1.807) is 0 Å². The van der Waals surface area contributed by atoms with Crippen LogP contribution in [0.4, 0.5) is 0 Å². The summed E-state index contributed by atoms with van der Waals surface area (Å²) in [5, 5.41) is 0. The fraction of sp³-hybridized carbons (Fsp3) is 0.200. The van der Waals surface area contributed by atoms with Gasteiger partial charge in [0.05, 0.1) is 4.83 Å². The van der Waals surface area contributed by atoms with Gasteiger partial charge in [0.1, 0.15) is 0 Å². The number of hydrogen-bond acceptors (Lipinski definition) is 0. The minimum atomic E-state index is 0.388. The summed E-state index contributed by atoms with van der Waals surface area (Å²) < 4.78 is 1.22. The molecular formula is C10H8Br2. The van der Waals surface area contributed by atoms with Gasteiger partial charge in [-0.2, -0.15) is 0 Å². The van der Waals surface area contributed by atoms with Gasteiger partial charge in [0.2, 0.25) is 0 Å². The number of alkyl halides is 1. The van der Waals surface area contributed by atoms with Crippen LogP contribution in [0.5, 0.6) is 0 Å². The maximum absolute atomic E-state index is 3.61. The van der Waals surface area contributed by atoms with E-state index in [1.165, 1.54) is 15.6 Å². The van der Waals surface area contributed by atoms with Crippen molar-refractivity contribution in [2.24, 2.45) is 0 Å². The largest absolute Gasteiger partial charge is 0.0826 e. The Morgan fingerprint density at radius 3 is 2.92 bits per heavy atom. The molecule has 12 heavy (non-hydrogen) atoms. The Kier molecular flexibility index (Phi) is 2.37. The standard InChI is InChI=1S/C10H8Br2/c11-9-5-1-3-7-8(9)4-2-6-10(7)12/h1-3,5-6,10H,4H2. The third-order valence-corrected chi connectivity index (χ3v) is 3.62. The van der Waals surface area contributed by atoms with Gasteiger partial charge < -0.3 is 0 Å². The number of benzene rings is 1. The number of hydrogen-bond donors (Lipinski definition) is 0. The van der Waals surface area contributed by atoms with E-state index in [1.807, 2.05) is 0 Å². The van der Waals surface area contributed by atoms with E-state index >= 15 is 0 Å². The molecule has 0 nitrogen and oxygen atoms in total. The fourth-order valence-electron chi connectivity index (χ4n) is 1.46. The second kappa shape index (κ2) is 3.35. The molecule has 0 heterocycles. The normalized spacial score (nSPS) is 20.7. The predicted molar refractivity (Wildman–Crippen MR) is 58.7 cm³/mol. The highest BCUT2D eigenvalue weighted by molar-refractivity contribution is 9.10. The molecule has 0 radical (unpaired) electrons. The summed E-state index contributed by atoms with van der Waals surface area (Å²) in [6, 6.07) is 6.34. The molecule has 0 saturated carbocycles. The van der Waals surface area contributed by atoms with Gasteiger partial charge in [-0.25, -0.2) is 0 Å². The first-order valence-corrected chi connectivity index (χ1v) is 5.58. The highest BCUT2D eigenvalue weighted by Gasteiger charge is 2.14. The second-order valence-corrected chi connectivity index (χ2v) is 4.68. The molecule has 0 bridgehead atoms. The van der Waals surface area contributed by atoms with Crippen molar-refractivity contribution in [2.75, 3.05) is 0 Å².